The summed E-state index contributed by atoms with van der Waals surface area (Å²) < 4.78 is 5.41. The fourth-order valence-corrected chi connectivity index (χ4v) is 3.03. The summed E-state index contributed by atoms with van der Waals surface area (Å²) >= 11 is 0. The van der Waals surface area contributed by atoms with Gasteiger partial charge in [0, 0.05) is 0 Å². The van der Waals surface area contributed by atoms with E-state index < -0.39 is 17.1 Å². The number of rotatable bonds is 2. The molecule has 1 N–H and O–H groups in total. The molecule has 1 fully saturated rings. The van der Waals surface area contributed by atoms with Gasteiger partial charge in [0.25, 0.3) is 0 Å². The van der Waals surface area contributed by atoms with Gasteiger partial charge < -0.3 is 9.84 Å². The molecule has 3 nitrogen and oxygen atoms in total. The summed E-state index contributed by atoms with van der Waals surface area (Å²) in [5, 5.41) is 10.8. The molecule has 3 heteroatoms. The Morgan fingerprint density at radius 3 is 1.95 bits per heavy atom. The van der Waals surface area contributed by atoms with Crippen molar-refractivity contribution in [2.45, 2.75) is 85.4 Å². The van der Waals surface area contributed by atoms with Crippen molar-refractivity contribution in [1.29, 1.82) is 0 Å². The Morgan fingerprint density at radius 1 is 1.15 bits per heavy atom. The molecule has 118 valence electrons. The standard InChI is InChI=1S/C17H32O3/c1-12(14(18)20-16(5,6)7)17(19)10-8-13(9-11-17)15(2,3)4/h12-13,19H,8-11H2,1-7H3. The molecule has 0 aromatic heterocycles. The van der Waals surface area contributed by atoms with Crippen molar-refractivity contribution in [1.82, 2.24) is 0 Å². The van der Waals surface area contributed by atoms with Crippen LogP contribution < -0.4 is 0 Å². The quantitative estimate of drug-likeness (QED) is 0.781. The first-order valence-corrected chi connectivity index (χ1v) is 7.80. The summed E-state index contributed by atoms with van der Waals surface area (Å²) in [6.45, 7) is 14.1. The summed E-state index contributed by atoms with van der Waals surface area (Å²) in [7, 11) is 0. The fourth-order valence-electron chi connectivity index (χ4n) is 3.03. The number of carbonyl (C=O) groups is 1. The Labute approximate surface area is 124 Å². The monoisotopic (exact) mass is 284 g/mol. The van der Waals surface area contributed by atoms with E-state index in [1.807, 2.05) is 20.8 Å². The van der Waals surface area contributed by atoms with Crippen LogP contribution in [0.1, 0.15) is 74.1 Å². The Kier molecular flexibility index (Phi) is 4.95. The minimum Gasteiger partial charge on any atom is -0.460 e. The van der Waals surface area contributed by atoms with Crippen molar-refractivity contribution in [3.8, 4) is 0 Å². The highest BCUT2D eigenvalue weighted by Crippen LogP contribution is 2.44. The number of ether oxygens (including phenoxy) is 1. The smallest absolute Gasteiger partial charge is 0.312 e. The van der Waals surface area contributed by atoms with E-state index in [1.54, 1.807) is 6.92 Å². The van der Waals surface area contributed by atoms with Crippen molar-refractivity contribution in [3.05, 3.63) is 0 Å². The Morgan fingerprint density at radius 2 is 1.60 bits per heavy atom. The molecule has 1 unspecified atom stereocenters. The summed E-state index contributed by atoms with van der Waals surface area (Å²) in [6.07, 6.45) is 3.34. The number of aliphatic hydroxyl groups is 1. The van der Waals surface area contributed by atoms with E-state index in [1.165, 1.54) is 0 Å². The SMILES string of the molecule is CC(C(=O)OC(C)(C)C)C1(O)CCC(C(C)(C)C)CC1. The van der Waals surface area contributed by atoms with Crippen molar-refractivity contribution in [3.63, 3.8) is 0 Å². The topological polar surface area (TPSA) is 46.5 Å². The second kappa shape index (κ2) is 5.67. The highest BCUT2D eigenvalue weighted by atomic mass is 16.6. The third-order valence-corrected chi connectivity index (χ3v) is 4.64. The summed E-state index contributed by atoms with van der Waals surface area (Å²) in [5.41, 5.74) is -1.12. The molecule has 0 amide bonds. The molecule has 0 saturated heterocycles. The second-order valence-electron chi connectivity index (χ2n) is 8.50. The molecule has 0 aromatic carbocycles. The van der Waals surface area contributed by atoms with Crippen molar-refractivity contribution < 1.29 is 14.6 Å². The van der Waals surface area contributed by atoms with E-state index in [4.69, 9.17) is 4.74 Å². The zero-order valence-electron chi connectivity index (χ0n) is 14.2. The van der Waals surface area contributed by atoms with Crippen molar-refractivity contribution >= 4 is 5.97 Å². The van der Waals surface area contributed by atoms with E-state index in [-0.39, 0.29) is 11.4 Å². The molecule has 1 aliphatic rings. The van der Waals surface area contributed by atoms with Crippen LogP contribution in [0.2, 0.25) is 0 Å². The van der Waals surface area contributed by atoms with E-state index >= 15 is 0 Å². The highest BCUT2D eigenvalue weighted by Gasteiger charge is 2.44. The molecular weight excluding hydrogens is 252 g/mol. The zero-order chi connectivity index (χ0) is 15.8. The molecule has 1 saturated carbocycles. The van der Waals surface area contributed by atoms with Gasteiger partial charge in [0.15, 0.2) is 0 Å². The van der Waals surface area contributed by atoms with E-state index in [0.717, 1.165) is 12.8 Å². The highest BCUT2D eigenvalue weighted by molar-refractivity contribution is 5.74. The van der Waals surface area contributed by atoms with Gasteiger partial charge in [0.05, 0.1) is 11.5 Å². The lowest BCUT2D eigenvalue weighted by molar-refractivity contribution is -0.172. The molecule has 0 spiro atoms. The summed E-state index contributed by atoms with van der Waals surface area (Å²) in [6, 6.07) is 0. The normalized spacial score (nSPS) is 29.9. The first-order valence-electron chi connectivity index (χ1n) is 7.80. The summed E-state index contributed by atoms with van der Waals surface area (Å²) in [5.74, 6) is -0.120. The minimum absolute atomic E-state index is 0.274. The molecule has 1 atom stereocenters. The van der Waals surface area contributed by atoms with Crippen molar-refractivity contribution in [2.75, 3.05) is 0 Å². The maximum Gasteiger partial charge on any atom is 0.312 e. The molecule has 1 aliphatic carbocycles. The van der Waals surface area contributed by atoms with Crippen LogP contribution in [0, 0.1) is 17.3 Å². The lowest BCUT2D eigenvalue weighted by Gasteiger charge is -2.43. The fraction of sp³-hybridized carbons (Fsp3) is 0.941. The van der Waals surface area contributed by atoms with E-state index in [0.29, 0.717) is 18.8 Å². The van der Waals surface area contributed by atoms with Gasteiger partial charge >= 0.3 is 5.97 Å². The molecular formula is C17H32O3. The van der Waals surface area contributed by atoms with Crippen LogP contribution in [-0.2, 0) is 9.53 Å². The minimum atomic E-state index is -0.899. The van der Waals surface area contributed by atoms with Crippen LogP contribution in [0.5, 0.6) is 0 Å². The van der Waals surface area contributed by atoms with Crippen molar-refractivity contribution in [2.24, 2.45) is 17.3 Å². The molecule has 20 heavy (non-hydrogen) atoms. The van der Waals surface area contributed by atoms with Gasteiger partial charge in [-0.3, -0.25) is 4.79 Å². The predicted octanol–water partition coefficient (Wildman–Crippen LogP) is 3.93. The molecule has 0 aromatic rings. The van der Waals surface area contributed by atoms with Crippen LogP contribution in [-0.4, -0.2) is 22.3 Å². The van der Waals surface area contributed by atoms with Crippen LogP contribution in [0.4, 0.5) is 0 Å². The van der Waals surface area contributed by atoms with E-state index in [2.05, 4.69) is 20.8 Å². The van der Waals surface area contributed by atoms with Gasteiger partial charge in [-0.15, -0.1) is 0 Å². The Balaban J connectivity index is 2.66. The van der Waals surface area contributed by atoms with E-state index in [9.17, 15) is 9.90 Å². The number of hydrogen-bond acceptors (Lipinski definition) is 3. The van der Waals surface area contributed by atoms with Gasteiger partial charge in [-0.2, -0.15) is 0 Å². The van der Waals surface area contributed by atoms with Crippen LogP contribution in [0.3, 0.4) is 0 Å². The van der Waals surface area contributed by atoms with Crippen LogP contribution in [0.15, 0.2) is 0 Å². The predicted molar refractivity (Wildman–Crippen MR) is 81.4 cm³/mol. The Hall–Kier alpha value is -0.570. The molecule has 1 rings (SSSR count). The Bertz CT molecular complexity index is 338. The lowest BCUT2D eigenvalue weighted by Crippen LogP contribution is -2.47. The molecule has 0 heterocycles. The number of esters is 1. The molecule has 0 aliphatic heterocycles. The van der Waals surface area contributed by atoms with Crippen LogP contribution >= 0.6 is 0 Å². The second-order valence-corrected chi connectivity index (χ2v) is 8.50. The lowest BCUT2D eigenvalue weighted by atomic mass is 9.65. The number of carbonyl (C=O) groups excluding carboxylic acids is 1. The first kappa shape index (κ1) is 17.5. The maximum absolute atomic E-state index is 12.2. The van der Waals surface area contributed by atoms with Crippen LogP contribution in [0.25, 0.3) is 0 Å². The molecule has 0 bridgehead atoms. The maximum atomic E-state index is 12.2. The zero-order valence-corrected chi connectivity index (χ0v) is 14.2. The number of hydrogen-bond donors (Lipinski definition) is 1. The van der Waals surface area contributed by atoms with Gasteiger partial charge in [-0.1, -0.05) is 20.8 Å². The van der Waals surface area contributed by atoms with Gasteiger partial charge in [0.1, 0.15) is 5.60 Å². The largest absolute Gasteiger partial charge is 0.460 e. The van der Waals surface area contributed by atoms with Gasteiger partial charge in [-0.05, 0) is 64.7 Å². The summed E-state index contributed by atoms with van der Waals surface area (Å²) in [4.78, 5) is 12.2. The first-order chi connectivity index (χ1) is 8.85. The van der Waals surface area contributed by atoms with Gasteiger partial charge in [-0.25, -0.2) is 0 Å². The average Bonchev–Trinajstić information content (AvgIpc) is 2.25. The average molecular weight is 284 g/mol. The molecule has 0 radical (unpaired) electrons. The van der Waals surface area contributed by atoms with Gasteiger partial charge in [0.2, 0.25) is 0 Å². The third kappa shape index (κ3) is 4.47. The third-order valence-electron chi connectivity index (χ3n) is 4.64.